The average Bonchev–Trinajstić information content (AvgIpc) is 2.33. The molecule has 0 saturated heterocycles. The lowest BCUT2D eigenvalue weighted by atomic mass is 10.1. The molecule has 0 bridgehead atoms. The SMILES string of the molecule is N[C@H]1COc2c(F)cc(I)cc21. The Kier molecular flexibility index (Phi) is 1.96. The lowest BCUT2D eigenvalue weighted by Crippen LogP contribution is -2.10. The molecule has 12 heavy (non-hydrogen) atoms. The molecule has 0 spiro atoms. The second kappa shape index (κ2) is 2.85. The van der Waals surface area contributed by atoms with Crippen molar-refractivity contribution in [2.24, 2.45) is 5.73 Å². The van der Waals surface area contributed by atoms with E-state index in [9.17, 15) is 4.39 Å². The van der Waals surface area contributed by atoms with Crippen molar-refractivity contribution in [3.8, 4) is 5.75 Å². The Hall–Kier alpha value is -0.360. The summed E-state index contributed by atoms with van der Waals surface area (Å²) in [6, 6.07) is 3.12. The number of hydrogen-bond acceptors (Lipinski definition) is 2. The van der Waals surface area contributed by atoms with Gasteiger partial charge in [-0.25, -0.2) is 4.39 Å². The van der Waals surface area contributed by atoms with Gasteiger partial charge in [0.05, 0.1) is 6.04 Å². The van der Waals surface area contributed by atoms with Crippen LogP contribution in [-0.4, -0.2) is 6.61 Å². The van der Waals surface area contributed by atoms with Gasteiger partial charge in [0.25, 0.3) is 0 Å². The Morgan fingerprint density at radius 2 is 2.33 bits per heavy atom. The summed E-state index contributed by atoms with van der Waals surface area (Å²) in [7, 11) is 0. The van der Waals surface area contributed by atoms with Gasteiger partial charge in [0.15, 0.2) is 11.6 Å². The fourth-order valence-corrected chi connectivity index (χ4v) is 1.88. The topological polar surface area (TPSA) is 35.2 Å². The van der Waals surface area contributed by atoms with Crippen LogP contribution in [0.25, 0.3) is 0 Å². The molecule has 1 aliphatic heterocycles. The summed E-state index contributed by atoms with van der Waals surface area (Å²) in [5, 5.41) is 0. The molecule has 1 aliphatic rings. The molecular formula is C8H7FINO. The van der Waals surface area contributed by atoms with Crippen molar-refractivity contribution in [1.82, 2.24) is 0 Å². The zero-order valence-corrected chi connectivity index (χ0v) is 8.34. The first-order valence-electron chi connectivity index (χ1n) is 3.56. The smallest absolute Gasteiger partial charge is 0.166 e. The summed E-state index contributed by atoms with van der Waals surface area (Å²) >= 11 is 2.06. The van der Waals surface area contributed by atoms with E-state index in [-0.39, 0.29) is 11.9 Å². The van der Waals surface area contributed by atoms with Crippen molar-refractivity contribution in [3.05, 3.63) is 27.1 Å². The first-order chi connectivity index (χ1) is 5.68. The lowest BCUT2D eigenvalue weighted by molar-refractivity contribution is 0.319. The molecule has 1 aromatic carbocycles. The molecule has 2 N–H and O–H groups in total. The quantitative estimate of drug-likeness (QED) is 0.735. The van der Waals surface area contributed by atoms with Gasteiger partial charge in [-0.3, -0.25) is 0 Å². The summed E-state index contributed by atoms with van der Waals surface area (Å²) < 4.78 is 19.1. The minimum absolute atomic E-state index is 0.177. The third-order valence-electron chi connectivity index (χ3n) is 1.84. The van der Waals surface area contributed by atoms with Crippen LogP contribution in [0, 0.1) is 9.39 Å². The molecule has 1 aromatic rings. The fourth-order valence-electron chi connectivity index (χ4n) is 1.27. The van der Waals surface area contributed by atoms with Gasteiger partial charge in [0, 0.05) is 9.13 Å². The van der Waals surface area contributed by atoms with Gasteiger partial charge < -0.3 is 10.5 Å². The number of rotatable bonds is 0. The van der Waals surface area contributed by atoms with Gasteiger partial charge in [0.1, 0.15) is 6.61 Å². The zero-order valence-electron chi connectivity index (χ0n) is 6.18. The molecule has 0 fully saturated rings. The number of benzene rings is 1. The third kappa shape index (κ3) is 1.19. The molecule has 64 valence electrons. The summed E-state index contributed by atoms with van der Waals surface area (Å²) in [5.41, 5.74) is 6.47. The van der Waals surface area contributed by atoms with Crippen molar-refractivity contribution in [3.63, 3.8) is 0 Å². The Balaban J connectivity index is 2.60. The van der Waals surface area contributed by atoms with Gasteiger partial charge in [-0.15, -0.1) is 0 Å². The molecule has 0 amide bonds. The third-order valence-corrected chi connectivity index (χ3v) is 2.47. The Labute approximate surface area is 83.0 Å². The monoisotopic (exact) mass is 279 g/mol. The predicted octanol–water partition coefficient (Wildman–Crippen LogP) is 1.82. The van der Waals surface area contributed by atoms with Crippen LogP contribution in [-0.2, 0) is 0 Å². The number of halogens is 2. The van der Waals surface area contributed by atoms with Crippen molar-refractivity contribution in [1.29, 1.82) is 0 Å². The summed E-state index contributed by atoms with van der Waals surface area (Å²) in [4.78, 5) is 0. The minimum Gasteiger partial charge on any atom is -0.488 e. The van der Waals surface area contributed by atoms with E-state index in [2.05, 4.69) is 22.6 Å². The molecule has 0 aromatic heterocycles. The number of ether oxygens (including phenoxy) is 1. The average molecular weight is 279 g/mol. The molecule has 0 aliphatic carbocycles. The molecular weight excluding hydrogens is 272 g/mol. The molecule has 0 unspecified atom stereocenters. The van der Waals surface area contributed by atoms with Gasteiger partial charge in [-0.2, -0.15) is 0 Å². The van der Waals surface area contributed by atoms with Crippen LogP contribution in [0.4, 0.5) is 4.39 Å². The number of nitrogens with two attached hydrogens (primary N) is 1. The highest BCUT2D eigenvalue weighted by Gasteiger charge is 2.24. The molecule has 2 rings (SSSR count). The Morgan fingerprint density at radius 1 is 1.58 bits per heavy atom. The highest BCUT2D eigenvalue weighted by atomic mass is 127. The van der Waals surface area contributed by atoms with Crippen LogP contribution in [0.1, 0.15) is 11.6 Å². The largest absolute Gasteiger partial charge is 0.488 e. The van der Waals surface area contributed by atoms with Crippen LogP contribution >= 0.6 is 22.6 Å². The number of hydrogen-bond donors (Lipinski definition) is 1. The molecule has 1 atom stereocenters. The molecule has 1 heterocycles. The van der Waals surface area contributed by atoms with Gasteiger partial charge >= 0.3 is 0 Å². The summed E-state index contributed by atoms with van der Waals surface area (Å²) in [5.74, 6) is 0.00719. The molecule has 0 radical (unpaired) electrons. The standard InChI is InChI=1S/C8H7FINO/c9-6-2-4(10)1-5-7(11)3-12-8(5)6/h1-2,7H,3,11H2/t7-/m0/s1. The highest BCUT2D eigenvalue weighted by molar-refractivity contribution is 14.1. The van der Waals surface area contributed by atoms with E-state index in [1.54, 1.807) is 0 Å². The second-order valence-electron chi connectivity index (χ2n) is 2.72. The first-order valence-corrected chi connectivity index (χ1v) is 4.63. The van der Waals surface area contributed by atoms with Crippen molar-refractivity contribution >= 4 is 22.6 Å². The van der Waals surface area contributed by atoms with Crippen LogP contribution in [0.15, 0.2) is 12.1 Å². The van der Waals surface area contributed by atoms with Crippen LogP contribution in [0.5, 0.6) is 5.75 Å². The first kappa shape index (κ1) is 8.25. The van der Waals surface area contributed by atoms with E-state index in [1.807, 2.05) is 6.07 Å². The van der Waals surface area contributed by atoms with Gasteiger partial charge in [-0.05, 0) is 34.7 Å². The Bertz CT molecular complexity index is 329. The minimum atomic E-state index is -0.315. The van der Waals surface area contributed by atoms with Crippen molar-refractivity contribution in [2.75, 3.05) is 6.61 Å². The van der Waals surface area contributed by atoms with E-state index in [4.69, 9.17) is 10.5 Å². The molecule has 0 saturated carbocycles. The van der Waals surface area contributed by atoms with Crippen LogP contribution in [0.2, 0.25) is 0 Å². The molecule has 4 heteroatoms. The van der Waals surface area contributed by atoms with E-state index in [0.717, 1.165) is 9.13 Å². The van der Waals surface area contributed by atoms with E-state index < -0.39 is 0 Å². The highest BCUT2D eigenvalue weighted by Crippen LogP contribution is 2.34. The second-order valence-corrected chi connectivity index (χ2v) is 3.97. The maximum atomic E-state index is 13.1. The van der Waals surface area contributed by atoms with Gasteiger partial charge in [0.2, 0.25) is 0 Å². The summed E-state index contributed by atoms with van der Waals surface area (Å²) in [6.45, 7) is 0.381. The lowest BCUT2D eigenvalue weighted by Gasteiger charge is -2.01. The number of fused-ring (bicyclic) bond motifs is 1. The maximum absolute atomic E-state index is 13.1. The normalized spacial score (nSPS) is 20.4. The zero-order chi connectivity index (χ0) is 8.72. The Morgan fingerprint density at radius 3 is 3.08 bits per heavy atom. The van der Waals surface area contributed by atoms with Crippen LogP contribution in [0.3, 0.4) is 0 Å². The molecule has 2 nitrogen and oxygen atoms in total. The van der Waals surface area contributed by atoms with E-state index >= 15 is 0 Å². The fraction of sp³-hybridized carbons (Fsp3) is 0.250. The maximum Gasteiger partial charge on any atom is 0.166 e. The van der Waals surface area contributed by atoms with Crippen molar-refractivity contribution < 1.29 is 9.13 Å². The van der Waals surface area contributed by atoms with Crippen LogP contribution < -0.4 is 10.5 Å². The van der Waals surface area contributed by atoms with E-state index in [1.165, 1.54) is 6.07 Å². The summed E-state index contributed by atoms with van der Waals surface area (Å²) in [6.07, 6.45) is 0. The van der Waals surface area contributed by atoms with Gasteiger partial charge in [-0.1, -0.05) is 0 Å². The predicted molar refractivity (Wildman–Crippen MR) is 51.5 cm³/mol. The van der Waals surface area contributed by atoms with Crippen molar-refractivity contribution in [2.45, 2.75) is 6.04 Å². The van der Waals surface area contributed by atoms with E-state index in [0.29, 0.717) is 12.4 Å².